The van der Waals surface area contributed by atoms with Crippen molar-refractivity contribution < 1.29 is 14.3 Å². The maximum atomic E-state index is 11.1. The summed E-state index contributed by atoms with van der Waals surface area (Å²) in [6, 6.07) is 6.49. The number of nitrogens with zero attached hydrogens (tertiary/aromatic N) is 1. The van der Waals surface area contributed by atoms with Crippen molar-refractivity contribution in [2.75, 3.05) is 19.0 Å². The molecule has 5 nitrogen and oxygen atoms in total. The first-order chi connectivity index (χ1) is 7.26. The average Bonchev–Trinajstić information content (AvgIpc) is 2.22. The number of ether oxygens (including phenoxy) is 1. The van der Waals surface area contributed by atoms with E-state index in [0.29, 0.717) is 11.4 Å². The summed E-state index contributed by atoms with van der Waals surface area (Å²) < 4.78 is 4.66. The van der Waals surface area contributed by atoms with Gasteiger partial charge < -0.3 is 10.1 Å². The molecule has 1 N–H and O–H groups in total. The van der Waals surface area contributed by atoms with Crippen molar-refractivity contribution in [2.24, 2.45) is 4.99 Å². The van der Waals surface area contributed by atoms with Crippen molar-refractivity contribution >= 4 is 23.4 Å². The molecule has 0 atom stereocenters. The Morgan fingerprint density at radius 2 is 2.13 bits per heavy atom. The number of hydrogen-bond acceptors (Lipinski definition) is 4. The zero-order valence-corrected chi connectivity index (χ0v) is 8.19. The van der Waals surface area contributed by atoms with E-state index < -0.39 is 0 Å². The van der Waals surface area contributed by atoms with Crippen molar-refractivity contribution in [3.8, 4) is 0 Å². The summed E-state index contributed by atoms with van der Waals surface area (Å²) in [5.74, 6) is -0.232. The molecule has 0 aliphatic heterocycles. The minimum Gasteiger partial charge on any atom is -0.375 e. The van der Waals surface area contributed by atoms with Crippen LogP contribution in [0.1, 0.15) is 0 Å². The molecule has 0 aliphatic carbocycles. The van der Waals surface area contributed by atoms with Crippen LogP contribution in [-0.4, -0.2) is 25.7 Å². The zero-order valence-electron chi connectivity index (χ0n) is 8.19. The lowest BCUT2D eigenvalue weighted by molar-refractivity contribution is -0.119. The molecule has 5 heteroatoms. The van der Waals surface area contributed by atoms with Crippen LogP contribution in [0.15, 0.2) is 29.3 Å². The zero-order chi connectivity index (χ0) is 11.1. The molecule has 0 radical (unpaired) electrons. The molecule has 0 saturated heterocycles. The molecule has 0 bridgehead atoms. The topological polar surface area (TPSA) is 67.8 Å². The standard InChI is InChI=1S/C10H10N2O3/c1-15-6-10(14)12-9-4-2-8(3-5-9)11-7-13/h2-5H,6H2,1H3,(H,12,14). The molecule has 0 unspecified atom stereocenters. The fourth-order valence-corrected chi connectivity index (χ4v) is 1.00. The van der Waals surface area contributed by atoms with Gasteiger partial charge in [-0.05, 0) is 24.3 Å². The molecule has 0 aromatic heterocycles. The van der Waals surface area contributed by atoms with E-state index in [-0.39, 0.29) is 12.5 Å². The van der Waals surface area contributed by atoms with Crippen LogP contribution in [0.5, 0.6) is 0 Å². The summed E-state index contributed by atoms with van der Waals surface area (Å²) in [4.78, 5) is 24.5. The number of hydrogen-bond donors (Lipinski definition) is 1. The Kier molecular flexibility index (Phi) is 4.22. The number of benzene rings is 1. The second-order valence-corrected chi connectivity index (χ2v) is 2.73. The average molecular weight is 206 g/mol. The van der Waals surface area contributed by atoms with Gasteiger partial charge >= 0.3 is 0 Å². The Morgan fingerprint density at radius 1 is 1.47 bits per heavy atom. The lowest BCUT2D eigenvalue weighted by atomic mass is 10.3. The highest BCUT2D eigenvalue weighted by molar-refractivity contribution is 5.91. The summed E-state index contributed by atoms with van der Waals surface area (Å²) in [5.41, 5.74) is 1.12. The third-order valence-electron chi connectivity index (χ3n) is 1.60. The predicted octanol–water partition coefficient (Wildman–Crippen LogP) is 1.24. The number of isocyanates is 1. The summed E-state index contributed by atoms with van der Waals surface area (Å²) in [5, 5.41) is 2.61. The Labute approximate surface area is 86.8 Å². The molecule has 0 aliphatic rings. The normalized spacial score (nSPS) is 9.13. The van der Waals surface area contributed by atoms with Crippen LogP contribution < -0.4 is 5.32 Å². The van der Waals surface area contributed by atoms with Gasteiger partial charge in [0.15, 0.2) is 0 Å². The molecule has 1 aromatic rings. The second-order valence-electron chi connectivity index (χ2n) is 2.73. The predicted molar refractivity (Wildman–Crippen MR) is 54.7 cm³/mol. The first-order valence-corrected chi connectivity index (χ1v) is 4.23. The third-order valence-corrected chi connectivity index (χ3v) is 1.60. The van der Waals surface area contributed by atoms with Gasteiger partial charge in [-0.1, -0.05) is 0 Å². The lowest BCUT2D eigenvalue weighted by Crippen LogP contribution is -2.16. The van der Waals surface area contributed by atoms with E-state index in [4.69, 9.17) is 0 Å². The fourth-order valence-electron chi connectivity index (χ4n) is 1.00. The van der Waals surface area contributed by atoms with Gasteiger partial charge in [0, 0.05) is 12.8 Å². The highest BCUT2D eigenvalue weighted by Crippen LogP contribution is 2.15. The van der Waals surface area contributed by atoms with Gasteiger partial charge in [-0.15, -0.1) is 0 Å². The highest BCUT2D eigenvalue weighted by Gasteiger charge is 2.00. The van der Waals surface area contributed by atoms with Crippen molar-refractivity contribution in [3.05, 3.63) is 24.3 Å². The maximum Gasteiger partial charge on any atom is 0.250 e. The van der Waals surface area contributed by atoms with Crippen LogP contribution in [0.25, 0.3) is 0 Å². The van der Waals surface area contributed by atoms with E-state index in [0.717, 1.165) is 0 Å². The SMILES string of the molecule is COCC(=O)Nc1ccc(N=C=O)cc1. The molecule has 1 aromatic carbocycles. The molecular formula is C10H10N2O3. The number of anilines is 1. The van der Waals surface area contributed by atoms with Gasteiger partial charge in [0.2, 0.25) is 12.0 Å². The second kappa shape index (κ2) is 5.70. The number of rotatable bonds is 4. The van der Waals surface area contributed by atoms with Crippen molar-refractivity contribution in [1.82, 2.24) is 0 Å². The van der Waals surface area contributed by atoms with Crippen molar-refractivity contribution in [3.63, 3.8) is 0 Å². The number of amides is 1. The van der Waals surface area contributed by atoms with Gasteiger partial charge in [-0.25, -0.2) is 4.79 Å². The molecule has 0 saturated carbocycles. The molecular weight excluding hydrogens is 196 g/mol. The number of aliphatic imine (C=N–C) groups is 1. The van der Waals surface area contributed by atoms with Gasteiger partial charge in [0.05, 0.1) is 5.69 Å². The number of carbonyl (C=O) groups is 1. The van der Waals surface area contributed by atoms with E-state index in [1.807, 2.05) is 0 Å². The Hall–Kier alpha value is -1.97. The minimum atomic E-state index is -0.232. The maximum absolute atomic E-state index is 11.1. The summed E-state index contributed by atoms with van der Waals surface area (Å²) in [6.45, 7) is 0.00818. The van der Waals surface area contributed by atoms with Crippen LogP contribution in [-0.2, 0) is 14.3 Å². The molecule has 15 heavy (non-hydrogen) atoms. The molecule has 0 heterocycles. The van der Waals surface area contributed by atoms with Crippen LogP contribution in [0.4, 0.5) is 11.4 Å². The van der Waals surface area contributed by atoms with Crippen LogP contribution >= 0.6 is 0 Å². The summed E-state index contributed by atoms with van der Waals surface area (Å²) in [7, 11) is 1.45. The van der Waals surface area contributed by atoms with Gasteiger partial charge in [-0.3, -0.25) is 4.79 Å². The van der Waals surface area contributed by atoms with Crippen molar-refractivity contribution in [1.29, 1.82) is 0 Å². The first-order valence-electron chi connectivity index (χ1n) is 4.23. The lowest BCUT2D eigenvalue weighted by Gasteiger charge is -2.03. The van der Waals surface area contributed by atoms with Gasteiger partial charge in [-0.2, -0.15) is 4.99 Å². The Balaban J connectivity index is 2.64. The number of carbonyl (C=O) groups excluding carboxylic acids is 2. The van der Waals surface area contributed by atoms with E-state index in [9.17, 15) is 9.59 Å². The summed E-state index contributed by atoms with van der Waals surface area (Å²) in [6.07, 6.45) is 1.43. The third kappa shape index (κ3) is 3.72. The Morgan fingerprint density at radius 3 is 2.67 bits per heavy atom. The molecule has 0 fully saturated rings. The van der Waals surface area contributed by atoms with Gasteiger partial charge in [0.25, 0.3) is 0 Å². The van der Waals surface area contributed by atoms with E-state index >= 15 is 0 Å². The molecule has 78 valence electrons. The van der Waals surface area contributed by atoms with Crippen molar-refractivity contribution in [2.45, 2.75) is 0 Å². The van der Waals surface area contributed by atoms with E-state index in [1.54, 1.807) is 24.3 Å². The van der Waals surface area contributed by atoms with Crippen LogP contribution in [0.2, 0.25) is 0 Å². The van der Waals surface area contributed by atoms with Crippen LogP contribution in [0.3, 0.4) is 0 Å². The van der Waals surface area contributed by atoms with E-state index in [2.05, 4.69) is 15.0 Å². The summed E-state index contributed by atoms with van der Waals surface area (Å²) >= 11 is 0. The molecule has 0 spiro atoms. The number of nitrogens with one attached hydrogen (secondary N) is 1. The van der Waals surface area contributed by atoms with Crippen LogP contribution in [0, 0.1) is 0 Å². The largest absolute Gasteiger partial charge is 0.375 e. The fraction of sp³-hybridized carbons (Fsp3) is 0.200. The highest BCUT2D eigenvalue weighted by atomic mass is 16.5. The number of methoxy groups -OCH3 is 1. The Bertz CT molecular complexity index is 380. The smallest absolute Gasteiger partial charge is 0.250 e. The van der Waals surface area contributed by atoms with E-state index in [1.165, 1.54) is 13.2 Å². The van der Waals surface area contributed by atoms with Gasteiger partial charge in [0.1, 0.15) is 6.61 Å². The quantitative estimate of drug-likeness (QED) is 0.595. The molecule has 1 amide bonds. The monoisotopic (exact) mass is 206 g/mol. The minimum absolute atomic E-state index is 0.00818. The molecule has 1 rings (SSSR count). The first kappa shape index (κ1) is 11.1.